The molecule has 102 valence electrons. The zero-order valence-electron chi connectivity index (χ0n) is 12.3. The van der Waals surface area contributed by atoms with Crippen molar-refractivity contribution < 1.29 is 0 Å². The van der Waals surface area contributed by atoms with Crippen LogP contribution in [0.5, 0.6) is 0 Å². The lowest BCUT2D eigenvalue weighted by Gasteiger charge is -2.41. The van der Waals surface area contributed by atoms with E-state index in [4.69, 9.17) is 0 Å². The Kier molecular flexibility index (Phi) is 4.27. The summed E-state index contributed by atoms with van der Waals surface area (Å²) in [5.41, 5.74) is 2.21. The van der Waals surface area contributed by atoms with Gasteiger partial charge in [0.25, 0.3) is 0 Å². The Morgan fingerprint density at radius 3 is 2.79 bits per heavy atom. The van der Waals surface area contributed by atoms with Gasteiger partial charge in [0, 0.05) is 13.0 Å². The monoisotopic (exact) mass is 256 g/mol. The summed E-state index contributed by atoms with van der Waals surface area (Å²) in [6.45, 7) is 8.62. The van der Waals surface area contributed by atoms with E-state index in [2.05, 4.69) is 56.0 Å². The molecule has 0 bridgehead atoms. The van der Waals surface area contributed by atoms with Crippen LogP contribution < -0.4 is 0 Å². The number of rotatable bonds is 3. The number of piperidine rings is 1. The molecule has 1 saturated heterocycles. The van der Waals surface area contributed by atoms with Gasteiger partial charge in [-0.2, -0.15) is 5.26 Å². The predicted octanol–water partition coefficient (Wildman–Crippen LogP) is 3.55. The fraction of sp³-hybridized carbons (Fsp3) is 0.588. The number of aryl methyl sites for hydroxylation is 1. The summed E-state index contributed by atoms with van der Waals surface area (Å²) in [6, 6.07) is 11.0. The van der Waals surface area contributed by atoms with Gasteiger partial charge in [0.1, 0.15) is 5.54 Å². The van der Waals surface area contributed by atoms with Gasteiger partial charge in [-0.15, -0.1) is 0 Å². The van der Waals surface area contributed by atoms with E-state index < -0.39 is 0 Å². The quantitative estimate of drug-likeness (QED) is 0.827. The van der Waals surface area contributed by atoms with Crippen molar-refractivity contribution in [3.05, 3.63) is 35.4 Å². The maximum absolute atomic E-state index is 9.68. The summed E-state index contributed by atoms with van der Waals surface area (Å²) in [5, 5.41) is 9.68. The Balaban J connectivity index is 2.19. The highest BCUT2D eigenvalue weighted by atomic mass is 15.2. The molecule has 1 fully saturated rings. The fourth-order valence-corrected chi connectivity index (χ4v) is 3.04. The number of likely N-dealkylation sites (tertiary alicyclic amines) is 1. The second-order valence-electron chi connectivity index (χ2n) is 6.18. The van der Waals surface area contributed by atoms with Gasteiger partial charge >= 0.3 is 0 Å². The van der Waals surface area contributed by atoms with Crippen LogP contribution in [0.2, 0.25) is 0 Å². The number of benzene rings is 1. The molecule has 1 aromatic carbocycles. The molecule has 19 heavy (non-hydrogen) atoms. The van der Waals surface area contributed by atoms with Crippen LogP contribution in [0.3, 0.4) is 0 Å². The molecule has 2 atom stereocenters. The van der Waals surface area contributed by atoms with E-state index in [0.717, 1.165) is 19.5 Å². The molecule has 2 nitrogen and oxygen atoms in total. The van der Waals surface area contributed by atoms with Crippen LogP contribution in [-0.2, 0) is 6.42 Å². The number of hydrogen-bond acceptors (Lipinski definition) is 2. The summed E-state index contributed by atoms with van der Waals surface area (Å²) in [4.78, 5) is 2.38. The molecule has 0 spiro atoms. The Morgan fingerprint density at radius 2 is 2.16 bits per heavy atom. The average Bonchev–Trinajstić information content (AvgIpc) is 2.41. The molecule has 1 aliphatic rings. The van der Waals surface area contributed by atoms with Crippen LogP contribution in [0.4, 0.5) is 0 Å². The fourth-order valence-electron chi connectivity index (χ4n) is 3.04. The summed E-state index contributed by atoms with van der Waals surface area (Å²) >= 11 is 0. The third-order valence-electron chi connectivity index (χ3n) is 4.39. The first-order valence-corrected chi connectivity index (χ1v) is 7.26. The summed E-state index contributed by atoms with van der Waals surface area (Å²) in [7, 11) is 0. The van der Waals surface area contributed by atoms with Crippen LogP contribution in [0, 0.1) is 24.2 Å². The van der Waals surface area contributed by atoms with Crippen molar-refractivity contribution in [2.45, 2.75) is 45.6 Å². The van der Waals surface area contributed by atoms with Crippen LogP contribution >= 0.6 is 0 Å². The lowest BCUT2D eigenvalue weighted by atomic mass is 9.87. The Bertz CT molecular complexity index is 474. The standard InChI is InChI=1S/C17H24N2/c1-14-7-6-10-19(12-14)17(3,13-18)11-16-9-5-4-8-15(16)2/h4-5,8-9,14H,6-7,10-12H2,1-3H3. The first-order chi connectivity index (χ1) is 9.05. The number of nitrogens with zero attached hydrogens (tertiary/aromatic N) is 2. The second-order valence-corrected chi connectivity index (χ2v) is 6.18. The minimum atomic E-state index is -0.374. The summed E-state index contributed by atoms with van der Waals surface area (Å²) in [5.74, 6) is 0.707. The van der Waals surface area contributed by atoms with E-state index in [0.29, 0.717) is 5.92 Å². The van der Waals surface area contributed by atoms with Crippen molar-refractivity contribution in [1.82, 2.24) is 4.90 Å². The van der Waals surface area contributed by atoms with E-state index in [-0.39, 0.29) is 5.54 Å². The van der Waals surface area contributed by atoms with E-state index in [9.17, 15) is 5.26 Å². The molecule has 0 radical (unpaired) electrons. The van der Waals surface area contributed by atoms with E-state index in [1.54, 1.807) is 0 Å². The van der Waals surface area contributed by atoms with Gasteiger partial charge in [-0.25, -0.2) is 0 Å². The van der Waals surface area contributed by atoms with Crippen LogP contribution in [0.15, 0.2) is 24.3 Å². The largest absolute Gasteiger partial charge is 0.285 e. The number of nitriles is 1. The lowest BCUT2D eigenvalue weighted by Crippen LogP contribution is -2.51. The van der Waals surface area contributed by atoms with E-state index in [1.165, 1.54) is 24.0 Å². The first kappa shape index (κ1) is 14.1. The van der Waals surface area contributed by atoms with Gasteiger partial charge in [-0.05, 0) is 50.3 Å². The van der Waals surface area contributed by atoms with Gasteiger partial charge < -0.3 is 0 Å². The Labute approximate surface area is 117 Å². The highest BCUT2D eigenvalue weighted by molar-refractivity contribution is 5.29. The van der Waals surface area contributed by atoms with Gasteiger partial charge in [0.2, 0.25) is 0 Å². The normalized spacial score (nSPS) is 23.6. The summed E-state index contributed by atoms with van der Waals surface area (Å²) in [6.07, 6.45) is 3.33. The summed E-state index contributed by atoms with van der Waals surface area (Å²) < 4.78 is 0. The minimum absolute atomic E-state index is 0.374. The molecule has 2 rings (SSSR count). The molecule has 2 heteroatoms. The SMILES string of the molecule is Cc1ccccc1CC(C)(C#N)N1CCCC(C)C1. The average molecular weight is 256 g/mol. The van der Waals surface area contributed by atoms with E-state index in [1.807, 2.05) is 0 Å². The molecule has 1 aliphatic heterocycles. The lowest BCUT2D eigenvalue weighted by molar-refractivity contribution is 0.0958. The third-order valence-corrected chi connectivity index (χ3v) is 4.39. The molecular weight excluding hydrogens is 232 g/mol. The molecule has 0 aromatic heterocycles. The van der Waals surface area contributed by atoms with Crippen molar-refractivity contribution in [3.63, 3.8) is 0 Å². The maximum Gasteiger partial charge on any atom is 0.110 e. The van der Waals surface area contributed by atoms with Crippen LogP contribution in [-0.4, -0.2) is 23.5 Å². The zero-order valence-corrected chi connectivity index (χ0v) is 12.3. The molecule has 0 aliphatic carbocycles. The smallest absolute Gasteiger partial charge is 0.110 e. The van der Waals surface area contributed by atoms with Gasteiger partial charge in [-0.3, -0.25) is 4.90 Å². The van der Waals surface area contributed by atoms with Gasteiger partial charge in [0.05, 0.1) is 6.07 Å². The van der Waals surface area contributed by atoms with Gasteiger partial charge in [0.15, 0.2) is 0 Å². The third kappa shape index (κ3) is 3.16. The Hall–Kier alpha value is -1.33. The predicted molar refractivity (Wildman–Crippen MR) is 78.9 cm³/mol. The van der Waals surface area contributed by atoms with Crippen molar-refractivity contribution in [2.75, 3.05) is 13.1 Å². The minimum Gasteiger partial charge on any atom is -0.285 e. The second kappa shape index (κ2) is 5.75. The molecule has 0 saturated carbocycles. The topological polar surface area (TPSA) is 27.0 Å². The van der Waals surface area contributed by atoms with E-state index >= 15 is 0 Å². The molecule has 1 heterocycles. The maximum atomic E-state index is 9.68. The van der Waals surface area contributed by atoms with Crippen molar-refractivity contribution in [2.24, 2.45) is 5.92 Å². The van der Waals surface area contributed by atoms with Gasteiger partial charge in [-0.1, -0.05) is 31.2 Å². The highest BCUT2D eigenvalue weighted by Crippen LogP contribution is 2.27. The molecule has 2 unspecified atom stereocenters. The molecule has 1 aromatic rings. The Morgan fingerprint density at radius 1 is 1.42 bits per heavy atom. The molecule has 0 amide bonds. The molecule has 0 N–H and O–H groups in total. The van der Waals surface area contributed by atoms with Crippen molar-refractivity contribution in [3.8, 4) is 6.07 Å². The first-order valence-electron chi connectivity index (χ1n) is 7.26. The number of hydrogen-bond donors (Lipinski definition) is 0. The highest BCUT2D eigenvalue weighted by Gasteiger charge is 2.34. The zero-order chi connectivity index (χ0) is 13.9. The van der Waals surface area contributed by atoms with Crippen LogP contribution in [0.1, 0.15) is 37.8 Å². The van der Waals surface area contributed by atoms with Crippen molar-refractivity contribution >= 4 is 0 Å². The van der Waals surface area contributed by atoms with Crippen molar-refractivity contribution in [1.29, 1.82) is 5.26 Å². The van der Waals surface area contributed by atoms with Crippen LogP contribution in [0.25, 0.3) is 0 Å². The molecular formula is C17H24N2.